The molecule has 4 nitrogen and oxygen atoms in total. The lowest BCUT2D eigenvalue weighted by Gasteiger charge is -2.10. The van der Waals surface area contributed by atoms with Crippen LogP contribution in [0.2, 0.25) is 0 Å². The minimum absolute atomic E-state index is 0.102. The van der Waals surface area contributed by atoms with Crippen LogP contribution in [-0.4, -0.2) is 20.5 Å². The van der Waals surface area contributed by atoms with E-state index < -0.39 is 0 Å². The van der Waals surface area contributed by atoms with Gasteiger partial charge in [0, 0.05) is 17.7 Å². The summed E-state index contributed by atoms with van der Waals surface area (Å²) in [5.41, 5.74) is 4.36. The number of carbonyl (C=O) groups excluding carboxylic acids is 1. The topological polar surface area (TPSA) is 47.8 Å². The van der Waals surface area contributed by atoms with E-state index in [1.807, 2.05) is 19.9 Å². The normalized spacial score (nSPS) is 12.5. The number of carbonyl (C=O) groups is 1. The van der Waals surface area contributed by atoms with Gasteiger partial charge in [-0.2, -0.15) is 5.10 Å². The first kappa shape index (κ1) is 15.3. The molecule has 0 amide bonds. The van der Waals surface area contributed by atoms with Gasteiger partial charge in [-0.1, -0.05) is 13.0 Å². The molecule has 2 heterocycles. The number of aryl methyl sites for hydroxylation is 1. The van der Waals surface area contributed by atoms with Gasteiger partial charge in [-0.05, 0) is 43.2 Å². The number of rotatable bonds is 4. The molecule has 0 saturated carbocycles. The zero-order valence-electron chi connectivity index (χ0n) is 13.4. The van der Waals surface area contributed by atoms with Crippen LogP contribution in [0.4, 0.5) is 4.39 Å². The van der Waals surface area contributed by atoms with Crippen molar-refractivity contribution in [1.82, 2.24) is 14.8 Å². The summed E-state index contributed by atoms with van der Waals surface area (Å²) in [6, 6.07) is 6.70. The van der Waals surface area contributed by atoms with Crippen molar-refractivity contribution >= 4 is 16.8 Å². The van der Waals surface area contributed by atoms with E-state index in [0.717, 1.165) is 27.7 Å². The van der Waals surface area contributed by atoms with Crippen LogP contribution in [0.5, 0.6) is 0 Å². The number of pyridine rings is 1. The minimum Gasteiger partial charge on any atom is -0.300 e. The number of ketones is 1. The molecule has 0 N–H and O–H groups in total. The highest BCUT2D eigenvalue weighted by atomic mass is 19.1. The van der Waals surface area contributed by atoms with Gasteiger partial charge in [0.05, 0.1) is 18.3 Å². The van der Waals surface area contributed by atoms with Gasteiger partial charge in [-0.3, -0.25) is 14.5 Å². The van der Waals surface area contributed by atoms with E-state index in [-0.39, 0.29) is 17.5 Å². The minimum atomic E-state index is -0.249. The number of nitrogens with zero attached hydrogens (tertiary/aromatic N) is 3. The molecule has 0 unspecified atom stereocenters. The Labute approximate surface area is 134 Å². The van der Waals surface area contributed by atoms with Gasteiger partial charge in [-0.15, -0.1) is 0 Å². The van der Waals surface area contributed by atoms with E-state index >= 15 is 0 Å². The molecular weight excluding hydrogens is 293 g/mol. The fourth-order valence-electron chi connectivity index (χ4n) is 2.59. The van der Waals surface area contributed by atoms with Gasteiger partial charge in [0.2, 0.25) is 0 Å². The van der Waals surface area contributed by atoms with Crippen molar-refractivity contribution in [2.24, 2.45) is 5.92 Å². The van der Waals surface area contributed by atoms with Crippen LogP contribution in [0.1, 0.15) is 19.4 Å². The predicted molar refractivity (Wildman–Crippen MR) is 87.5 cm³/mol. The summed E-state index contributed by atoms with van der Waals surface area (Å²) in [4.78, 5) is 15.9. The molecule has 0 aliphatic carbocycles. The van der Waals surface area contributed by atoms with Crippen LogP contribution in [0.3, 0.4) is 0 Å². The van der Waals surface area contributed by atoms with Gasteiger partial charge in [0.15, 0.2) is 0 Å². The highest BCUT2D eigenvalue weighted by molar-refractivity contribution is 5.82. The molecule has 0 saturated heterocycles. The van der Waals surface area contributed by atoms with Crippen molar-refractivity contribution in [1.29, 1.82) is 0 Å². The number of hydrogen-bond acceptors (Lipinski definition) is 3. The Hall–Kier alpha value is -2.56. The average Bonchev–Trinajstić information content (AvgIpc) is 2.89. The molecule has 0 spiro atoms. The lowest BCUT2D eigenvalue weighted by Crippen LogP contribution is -2.15. The van der Waals surface area contributed by atoms with Gasteiger partial charge in [0.25, 0.3) is 0 Å². The molecule has 0 radical (unpaired) electrons. The smallest absolute Gasteiger partial charge is 0.134 e. The largest absolute Gasteiger partial charge is 0.300 e. The summed E-state index contributed by atoms with van der Waals surface area (Å²) < 4.78 is 15.1. The Morgan fingerprint density at radius 3 is 2.78 bits per heavy atom. The lowest BCUT2D eigenvalue weighted by atomic mass is 10.0. The number of halogens is 1. The Kier molecular flexibility index (Phi) is 3.94. The molecule has 3 rings (SSSR count). The van der Waals surface area contributed by atoms with Gasteiger partial charge < -0.3 is 0 Å². The number of hydrogen-bond donors (Lipinski definition) is 0. The predicted octanol–water partition coefficient (Wildman–Crippen LogP) is 3.77. The van der Waals surface area contributed by atoms with E-state index in [1.54, 1.807) is 30.1 Å². The number of benzene rings is 1. The maximum atomic E-state index is 13.3. The maximum absolute atomic E-state index is 13.3. The van der Waals surface area contributed by atoms with Crippen LogP contribution in [0.25, 0.3) is 22.2 Å². The highest BCUT2D eigenvalue weighted by Crippen LogP contribution is 2.26. The lowest BCUT2D eigenvalue weighted by molar-refractivity contribution is -0.120. The van der Waals surface area contributed by atoms with E-state index in [4.69, 9.17) is 0 Å². The van der Waals surface area contributed by atoms with Crippen LogP contribution in [0, 0.1) is 18.7 Å². The summed E-state index contributed by atoms with van der Waals surface area (Å²) >= 11 is 0. The molecule has 0 bridgehead atoms. The number of aromatic nitrogens is 3. The second-order valence-corrected chi connectivity index (χ2v) is 5.93. The quantitative estimate of drug-likeness (QED) is 0.737. The third kappa shape index (κ3) is 2.99. The van der Waals surface area contributed by atoms with Crippen LogP contribution in [-0.2, 0) is 11.3 Å². The zero-order valence-corrected chi connectivity index (χ0v) is 13.4. The second kappa shape index (κ2) is 5.91. The van der Waals surface area contributed by atoms with Crippen molar-refractivity contribution in [3.8, 4) is 11.1 Å². The van der Waals surface area contributed by atoms with E-state index in [9.17, 15) is 9.18 Å². The summed E-state index contributed by atoms with van der Waals surface area (Å²) in [5, 5.41) is 4.33. The standard InChI is InChI=1S/C18H18FN3O/c1-11-6-15(19)4-5-16(11)14-7-18-17(20-8-14)9-21-22(18)10-12(2)13(3)23/h4-9,12H,10H2,1-3H3/t12-/m0/s1. The van der Waals surface area contributed by atoms with Crippen molar-refractivity contribution in [3.05, 3.63) is 48.0 Å². The maximum Gasteiger partial charge on any atom is 0.134 e. The molecule has 1 aromatic carbocycles. The summed E-state index contributed by atoms with van der Waals surface area (Å²) in [6.07, 6.45) is 3.46. The van der Waals surface area contributed by atoms with Crippen LogP contribution in [0.15, 0.2) is 36.7 Å². The number of fused-ring (bicyclic) bond motifs is 1. The van der Waals surface area contributed by atoms with Gasteiger partial charge in [-0.25, -0.2) is 4.39 Å². The molecule has 118 valence electrons. The van der Waals surface area contributed by atoms with Gasteiger partial charge in [0.1, 0.15) is 17.1 Å². The molecule has 23 heavy (non-hydrogen) atoms. The SMILES string of the molecule is CC(=O)[C@@H](C)Cn1ncc2ncc(-c3ccc(F)cc3C)cc21. The van der Waals surface area contributed by atoms with Crippen molar-refractivity contribution in [2.45, 2.75) is 27.3 Å². The molecular formula is C18H18FN3O. The third-order valence-electron chi connectivity index (χ3n) is 4.14. The van der Waals surface area contributed by atoms with Crippen LogP contribution >= 0.6 is 0 Å². The summed E-state index contributed by atoms with van der Waals surface area (Å²) in [6.45, 7) is 5.86. The first-order chi connectivity index (χ1) is 11.0. The number of Topliss-reactive ketones (excluding diaryl/α,β-unsaturated/α-hetero) is 1. The molecule has 3 aromatic rings. The zero-order chi connectivity index (χ0) is 16.6. The molecule has 1 atom stereocenters. The van der Waals surface area contributed by atoms with E-state index in [2.05, 4.69) is 10.1 Å². The van der Waals surface area contributed by atoms with Crippen molar-refractivity contribution in [3.63, 3.8) is 0 Å². The monoisotopic (exact) mass is 311 g/mol. The average molecular weight is 311 g/mol. The first-order valence-electron chi connectivity index (χ1n) is 7.54. The van der Waals surface area contributed by atoms with Crippen LogP contribution < -0.4 is 0 Å². The molecule has 0 aliphatic heterocycles. The van der Waals surface area contributed by atoms with Crippen molar-refractivity contribution in [2.75, 3.05) is 0 Å². The Morgan fingerprint density at radius 2 is 2.09 bits per heavy atom. The highest BCUT2D eigenvalue weighted by Gasteiger charge is 2.13. The third-order valence-corrected chi connectivity index (χ3v) is 4.14. The second-order valence-electron chi connectivity index (χ2n) is 5.93. The fourth-order valence-corrected chi connectivity index (χ4v) is 2.59. The summed E-state index contributed by atoms with van der Waals surface area (Å²) in [7, 11) is 0. The molecule has 2 aromatic heterocycles. The Morgan fingerprint density at radius 1 is 1.30 bits per heavy atom. The Bertz CT molecular complexity index is 885. The molecule has 0 aliphatic rings. The Balaban J connectivity index is 2.05. The van der Waals surface area contributed by atoms with E-state index in [0.29, 0.717) is 6.54 Å². The fraction of sp³-hybridized carbons (Fsp3) is 0.278. The van der Waals surface area contributed by atoms with E-state index in [1.165, 1.54) is 12.1 Å². The van der Waals surface area contributed by atoms with Crippen molar-refractivity contribution < 1.29 is 9.18 Å². The first-order valence-corrected chi connectivity index (χ1v) is 7.54. The summed E-state index contributed by atoms with van der Waals surface area (Å²) in [5.74, 6) is -0.220. The van der Waals surface area contributed by atoms with Gasteiger partial charge >= 0.3 is 0 Å². The molecule has 0 fully saturated rings. The molecule has 5 heteroatoms.